The van der Waals surface area contributed by atoms with E-state index < -0.39 is 0 Å². The zero-order chi connectivity index (χ0) is 12.4. The second kappa shape index (κ2) is 5.29. The van der Waals surface area contributed by atoms with E-state index in [1.165, 1.54) is 30.5 Å². The minimum absolute atomic E-state index is 0.258. The second-order valence-electron chi connectivity index (χ2n) is 5.33. The van der Waals surface area contributed by atoms with Crippen LogP contribution in [0.5, 0.6) is 0 Å². The molecule has 0 radical (unpaired) electrons. The Morgan fingerprint density at radius 3 is 2.78 bits per heavy atom. The van der Waals surface area contributed by atoms with Gasteiger partial charge in [-0.25, -0.2) is 0 Å². The first-order valence-corrected chi connectivity index (χ1v) is 7.09. The fourth-order valence-corrected chi connectivity index (χ4v) is 2.88. The van der Waals surface area contributed by atoms with E-state index in [4.69, 9.17) is 4.74 Å². The summed E-state index contributed by atoms with van der Waals surface area (Å²) in [7, 11) is 0. The van der Waals surface area contributed by atoms with Gasteiger partial charge in [0.15, 0.2) is 0 Å². The largest absolute Gasteiger partial charge is 0.385 e. The number of benzene rings is 1. The topological polar surface area (TPSA) is 33.3 Å². The fraction of sp³-hybridized carbons (Fsp3) is 0.600. The van der Waals surface area contributed by atoms with Crippen LogP contribution in [0, 0.1) is 0 Å². The van der Waals surface area contributed by atoms with Crippen molar-refractivity contribution in [1.29, 1.82) is 0 Å². The van der Waals surface area contributed by atoms with Gasteiger partial charge in [0.05, 0.1) is 12.2 Å². The van der Waals surface area contributed by atoms with Crippen LogP contribution in [0.2, 0.25) is 0 Å². The van der Waals surface area contributed by atoms with Crippen LogP contribution in [-0.2, 0) is 4.74 Å². The van der Waals surface area contributed by atoms with E-state index >= 15 is 0 Å². The Labute approximate surface area is 109 Å². The predicted octanol–water partition coefficient (Wildman–Crippen LogP) is 2.70. The van der Waals surface area contributed by atoms with Crippen molar-refractivity contribution >= 4 is 5.69 Å². The third-order valence-corrected chi connectivity index (χ3v) is 3.93. The Hall–Kier alpha value is -1.06. The molecular weight excluding hydrogens is 224 g/mol. The van der Waals surface area contributed by atoms with Gasteiger partial charge in [0.25, 0.3) is 0 Å². The smallest absolute Gasteiger partial charge is 0.0983 e. The molecule has 2 N–H and O–H groups in total. The SMILES string of the molecule is CCCCNc1ccc([C@H]2O[C@@H]3CN[C@H]2C3)cc1. The van der Waals surface area contributed by atoms with Gasteiger partial charge in [-0.1, -0.05) is 25.5 Å². The summed E-state index contributed by atoms with van der Waals surface area (Å²) in [4.78, 5) is 0. The van der Waals surface area contributed by atoms with Crippen LogP contribution >= 0.6 is 0 Å². The third-order valence-electron chi connectivity index (χ3n) is 3.93. The Morgan fingerprint density at radius 1 is 1.33 bits per heavy atom. The van der Waals surface area contributed by atoms with Gasteiger partial charge in [0, 0.05) is 24.8 Å². The van der Waals surface area contributed by atoms with Gasteiger partial charge in [0.2, 0.25) is 0 Å². The van der Waals surface area contributed by atoms with E-state index in [0.717, 1.165) is 13.1 Å². The first kappa shape index (κ1) is 12.0. The third kappa shape index (κ3) is 2.38. The summed E-state index contributed by atoms with van der Waals surface area (Å²) in [5.41, 5.74) is 2.51. The molecule has 2 saturated heterocycles. The van der Waals surface area contributed by atoms with Crippen molar-refractivity contribution < 1.29 is 4.74 Å². The number of fused-ring (bicyclic) bond motifs is 2. The lowest BCUT2D eigenvalue weighted by molar-refractivity contribution is 0.0160. The van der Waals surface area contributed by atoms with E-state index in [0.29, 0.717) is 12.1 Å². The van der Waals surface area contributed by atoms with Crippen molar-refractivity contribution in [1.82, 2.24) is 5.32 Å². The summed E-state index contributed by atoms with van der Waals surface area (Å²) in [6.45, 7) is 4.30. The highest BCUT2D eigenvalue weighted by Gasteiger charge is 2.40. The lowest BCUT2D eigenvalue weighted by Crippen LogP contribution is -2.33. The number of nitrogens with one attached hydrogen (secondary N) is 2. The Balaban J connectivity index is 1.61. The van der Waals surface area contributed by atoms with E-state index in [9.17, 15) is 0 Å². The quantitative estimate of drug-likeness (QED) is 0.784. The summed E-state index contributed by atoms with van der Waals surface area (Å²) in [6, 6.07) is 9.25. The number of hydrogen-bond donors (Lipinski definition) is 2. The minimum Gasteiger partial charge on any atom is -0.385 e. The fourth-order valence-electron chi connectivity index (χ4n) is 2.88. The average Bonchev–Trinajstić information content (AvgIpc) is 3.02. The van der Waals surface area contributed by atoms with Gasteiger partial charge in [-0.3, -0.25) is 0 Å². The molecule has 1 aromatic carbocycles. The highest BCUT2D eigenvalue weighted by Crippen LogP contribution is 2.36. The molecule has 0 aromatic heterocycles. The highest BCUT2D eigenvalue weighted by atomic mass is 16.5. The van der Waals surface area contributed by atoms with E-state index in [2.05, 4.69) is 41.8 Å². The number of morpholine rings is 1. The number of rotatable bonds is 5. The molecule has 3 rings (SSSR count). The van der Waals surface area contributed by atoms with Crippen LogP contribution in [-0.4, -0.2) is 25.2 Å². The number of hydrogen-bond acceptors (Lipinski definition) is 3. The second-order valence-corrected chi connectivity index (χ2v) is 5.33. The Bertz CT molecular complexity index is 390. The van der Waals surface area contributed by atoms with E-state index in [1.54, 1.807) is 0 Å². The highest BCUT2D eigenvalue weighted by molar-refractivity contribution is 5.45. The van der Waals surface area contributed by atoms with Gasteiger partial charge in [-0.2, -0.15) is 0 Å². The molecule has 3 atom stereocenters. The molecule has 2 aliphatic heterocycles. The maximum Gasteiger partial charge on any atom is 0.0983 e. The molecule has 3 nitrogen and oxygen atoms in total. The Kier molecular flexibility index (Phi) is 3.52. The van der Waals surface area contributed by atoms with Crippen molar-refractivity contribution in [3.8, 4) is 0 Å². The van der Waals surface area contributed by atoms with Crippen molar-refractivity contribution in [2.45, 2.75) is 44.4 Å². The predicted molar refractivity (Wildman–Crippen MR) is 73.9 cm³/mol. The molecule has 2 bridgehead atoms. The van der Waals surface area contributed by atoms with Crippen LogP contribution in [0.4, 0.5) is 5.69 Å². The first-order chi connectivity index (χ1) is 8.86. The molecule has 0 aliphatic carbocycles. The molecule has 2 fully saturated rings. The lowest BCUT2D eigenvalue weighted by atomic mass is 10.0. The lowest BCUT2D eigenvalue weighted by Gasteiger charge is -2.23. The van der Waals surface area contributed by atoms with E-state index in [-0.39, 0.29) is 6.10 Å². The standard InChI is InChI=1S/C15H22N2O/c1-2-3-8-16-12-6-4-11(5-7-12)15-14-9-13(18-15)10-17-14/h4-7,13-17H,2-3,8-10H2,1H3/t13-,14-,15+/m0/s1. The maximum absolute atomic E-state index is 6.00. The van der Waals surface area contributed by atoms with Gasteiger partial charge in [-0.05, 0) is 30.5 Å². The van der Waals surface area contributed by atoms with Crippen LogP contribution < -0.4 is 10.6 Å². The van der Waals surface area contributed by atoms with Gasteiger partial charge in [0.1, 0.15) is 0 Å². The molecular formula is C15H22N2O. The molecule has 2 heterocycles. The zero-order valence-electron chi connectivity index (χ0n) is 11.0. The molecule has 0 unspecified atom stereocenters. The van der Waals surface area contributed by atoms with Gasteiger partial charge in [-0.15, -0.1) is 0 Å². The first-order valence-electron chi connectivity index (χ1n) is 7.09. The van der Waals surface area contributed by atoms with Crippen LogP contribution in [0.25, 0.3) is 0 Å². The summed E-state index contributed by atoms with van der Waals surface area (Å²) in [5.74, 6) is 0. The van der Waals surface area contributed by atoms with Crippen LogP contribution in [0.15, 0.2) is 24.3 Å². The van der Waals surface area contributed by atoms with Gasteiger partial charge < -0.3 is 15.4 Å². The number of anilines is 1. The Morgan fingerprint density at radius 2 is 2.17 bits per heavy atom. The number of ether oxygens (including phenoxy) is 1. The van der Waals surface area contributed by atoms with Crippen LogP contribution in [0.1, 0.15) is 37.9 Å². The van der Waals surface area contributed by atoms with Crippen molar-refractivity contribution in [3.63, 3.8) is 0 Å². The monoisotopic (exact) mass is 246 g/mol. The molecule has 18 heavy (non-hydrogen) atoms. The summed E-state index contributed by atoms with van der Waals surface area (Å²) < 4.78 is 6.00. The summed E-state index contributed by atoms with van der Waals surface area (Å²) in [5, 5.41) is 6.96. The zero-order valence-corrected chi connectivity index (χ0v) is 11.0. The molecule has 0 amide bonds. The molecule has 0 spiro atoms. The number of unbranched alkanes of at least 4 members (excludes halogenated alkanes) is 1. The summed E-state index contributed by atoms with van der Waals surface area (Å²) in [6.07, 6.45) is 4.31. The average molecular weight is 246 g/mol. The maximum atomic E-state index is 6.00. The minimum atomic E-state index is 0.258. The normalized spacial score (nSPS) is 29.7. The molecule has 2 aliphatic rings. The van der Waals surface area contributed by atoms with Crippen molar-refractivity contribution in [2.24, 2.45) is 0 Å². The molecule has 1 aromatic rings. The molecule has 98 valence electrons. The molecule has 0 saturated carbocycles. The van der Waals surface area contributed by atoms with E-state index in [1.807, 2.05) is 0 Å². The van der Waals surface area contributed by atoms with Crippen LogP contribution in [0.3, 0.4) is 0 Å². The van der Waals surface area contributed by atoms with Crippen molar-refractivity contribution in [3.05, 3.63) is 29.8 Å². The molecule has 3 heteroatoms. The van der Waals surface area contributed by atoms with Gasteiger partial charge >= 0.3 is 0 Å². The van der Waals surface area contributed by atoms with Crippen molar-refractivity contribution in [2.75, 3.05) is 18.4 Å². The summed E-state index contributed by atoms with van der Waals surface area (Å²) >= 11 is 0.